The fraction of sp³-hybridized carbons (Fsp3) is 0.455. The number of amides is 1. The van der Waals surface area contributed by atoms with Crippen molar-refractivity contribution in [2.45, 2.75) is 25.9 Å². The Kier molecular flexibility index (Phi) is 5.76. The zero-order valence-corrected chi connectivity index (χ0v) is 16.4. The largest absolute Gasteiger partial charge is 0.376 e. The van der Waals surface area contributed by atoms with Crippen LogP contribution in [0.1, 0.15) is 28.8 Å². The molecule has 0 radical (unpaired) electrons. The summed E-state index contributed by atoms with van der Waals surface area (Å²) in [4.78, 5) is 21.6. The SMILES string of the molecule is Cc1cccc(N2CCN(c3cc(C(=O)NCC4CCCO4)ccn3)CC2)c1. The number of hydrogen-bond acceptors (Lipinski definition) is 5. The third-order valence-corrected chi connectivity index (χ3v) is 5.49. The van der Waals surface area contributed by atoms with Gasteiger partial charge in [-0.25, -0.2) is 4.98 Å². The number of aromatic nitrogens is 1. The van der Waals surface area contributed by atoms with Gasteiger partial charge in [0.15, 0.2) is 0 Å². The van der Waals surface area contributed by atoms with Gasteiger partial charge in [-0.15, -0.1) is 0 Å². The third kappa shape index (κ3) is 4.44. The molecule has 1 N–H and O–H groups in total. The summed E-state index contributed by atoms with van der Waals surface area (Å²) in [5.74, 6) is 0.811. The summed E-state index contributed by atoms with van der Waals surface area (Å²) >= 11 is 0. The molecule has 2 aliphatic rings. The van der Waals surface area contributed by atoms with Crippen LogP contribution in [0.15, 0.2) is 42.6 Å². The zero-order chi connectivity index (χ0) is 19.3. The first-order valence-corrected chi connectivity index (χ1v) is 10.1. The minimum Gasteiger partial charge on any atom is -0.376 e. The lowest BCUT2D eigenvalue weighted by molar-refractivity contribution is 0.0857. The number of hydrogen-bond donors (Lipinski definition) is 1. The summed E-state index contributed by atoms with van der Waals surface area (Å²) < 4.78 is 5.57. The van der Waals surface area contributed by atoms with E-state index in [0.717, 1.165) is 51.4 Å². The molecule has 28 heavy (non-hydrogen) atoms. The number of anilines is 2. The van der Waals surface area contributed by atoms with Crippen molar-refractivity contribution >= 4 is 17.4 Å². The Bertz CT molecular complexity index is 812. The van der Waals surface area contributed by atoms with Gasteiger partial charge in [0.2, 0.25) is 0 Å². The van der Waals surface area contributed by atoms with Gasteiger partial charge in [-0.3, -0.25) is 4.79 Å². The normalized spacial score (nSPS) is 19.7. The lowest BCUT2D eigenvalue weighted by Crippen LogP contribution is -2.47. The molecule has 3 heterocycles. The van der Waals surface area contributed by atoms with E-state index in [1.165, 1.54) is 11.3 Å². The maximum Gasteiger partial charge on any atom is 0.251 e. The molecule has 2 fully saturated rings. The van der Waals surface area contributed by atoms with E-state index in [0.29, 0.717) is 12.1 Å². The van der Waals surface area contributed by atoms with Crippen LogP contribution in [0.2, 0.25) is 0 Å². The molecule has 0 bridgehead atoms. The molecule has 2 aromatic rings. The van der Waals surface area contributed by atoms with E-state index >= 15 is 0 Å². The Labute approximate surface area is 166 Å². The molecule has 1 aromatic carbocycles. The van der Waals surface area contributed by atoms with Gasteiger partial charge in [0.1, 0.15) is 5.82 Å². The van der Waals surface area contributed by atoms with E-state index in [9.17, 15) is 4.79 Å². The van der Waals surface area contributed by atoms with Gasteiger partial charge in [-0.1, -0.05) is 12.1 Å². The fourth-order valence-corrected chi connectivity index (χ4v) is 3.86. The van der Waals surface area contributed by atoms with E-state index in [1.807, 2.05) is 6.07 Å². The topological polar surface area (TPSA) is 57.7 Å². The number of ether oxygens (including phenoxy) is 1. The van der Waals surface area contributed by atoms with E-state index in [1.54, 1.807) is 12.3 Å². The van der Waals surface area contributed by atoms with Gasteiger partial charge < -0.3 is 19.9 Å². The number of carbonyl (C=O) groups is 1. The molecule has 148 valence electrons. The maximum absolute atomic E-state index is 12.5. The Morgan fingerprint density at radius 3 is 2.75 bits per heavy atom. The average molecular weight is 380 g/mol. The predicted molar refractivity (Wildman–Crippen MR) is 111 cm³/mol. The lowest BCUT2D eigenvalue weighted by atomic mass is 10.2. The van der Waals surface area contributed by atoms with Crippen LogP contribution in [0.4, 0.5) is 11.5 Å². The van der Waals surface area contributed by atoms with Crippen molar-refractivity contribution in [3.63, 3.8) is 0 Å². The number of pyridine rings is 1. The summed E-state index contributed by atoms with van der Waals surface area (Å²) in [6, 6.07) is 12.3. The molecule has 1 aromatic heterocycles. The van der Waals surface area contributed by atoms with Crippen LogP contribution in [-0.4, -0.2) is 56.3 Å². The van der Waals surface area contributed by atoms with Gasteiger partial charge in [0.25, 0.3) is 5.91 Å². The highest BCUT2D eigenvalue weighted by Gasteiger charge is 2.20. The summed E-state index contributed by atoms with van der Waals surface area (Å²) in [7, 11) is 0. The molecule has 1 amide bonds. The number of nitrogens with one attached hydrogen (secondary N) is 1. The van der Waals surface area contributed by atoms with Crippen LogP contribution in [0.3, 0.4) is 0 Å². The van der Waals surface area contributed by atoms with Gasteiger partial charge in [0.05, 0.1) is 6.10 Å². The number of nitrogens with zero attached hydrogens (tertiary/aromatic N) is 3. The van der Waals surface area contributed by atoms with Crippen LogP contribution in [0, 0.1) is 6.92 Å². The Morgan fingerprint density at radius 1 is 1.18 bits per heavy atom. The molecule has 1 atom stereocenters. The van der Waals surface area contributed by atoms with E-state index in [2.05, 4.69) is 51.3 Å². The minimum atomic E-state index is -0.0578. The molecule has 6 heteroatoms. The van der Waals surface area contributed by atoms with Crippen molar-refractivity contribution in [2.75, 3.05) is 49.1 Å². The summed E-state index contributed by atoms with van der Waals surface area (Å²) in [5.41, 5.74) is 3.21. The smallest absolute Gasteiger partial charge is 0.251 e. The third-order valence-electron chi connectivity index (χ3n) is 5.49. The van der Waals surface area contributed by atoms with Crippen LogP contribution in [0.5, 0.6) is 0 Å². The number of piperazine rings is 1. The number of benzene rings is 1. The van der Waals surface area contributed by atoms with Crippen molar-refractivity contribution in [1.82, 2.24) is 10.3 Å². The van der Waals surface area contributed by atoms with Crippen LogP contribution in [-0.2, 0) is 4.74 Å². The van der Waals surface area contributed by atoms with Gasteiger partial charge in [-0.2, -0.15) is 0 Å². The maximum atomic E-state index is 12.5. The molecule has 0 spiro atoms. The highest BCUT2D eigenvalue weighted by atomic mass is 16.5. The Balaban J connectivity index is 1.35. The quantitative estimate of drug-likeness (QED) is 0.864. The van der Waals surface area contributed by atoms with Crippen LogP contribution < -0.4 is 15.1 Å². The van der Waals surface area contributed by atoms with Crippen LogP contribution >= 0.6 is 0 Å². The van der Waals surface area contributed by atoms with Gasteiger partial charge in [0, 0.05) is 56.8 Å². The van der Waals surface area contributed by atoms with E-state index in [-0.39, 0.29) is 12.0 Å². The first kappa shape index (κ1) is 18.7. The van der Waals surface area contributed by atoms with Gasteiger partial charge in [-0.05, 0) is 49.6 Å². The van der Waals surface area contributed by atoms with Crippen molar-refractivity contribution in [2.24, 2.45) is 0 Å². The molecular formula is C22H28N4O2. The number of aryl methyl sites for hydroxylation is 1. The lowest BCUT2D eigenvalue weighted by Gasteiger charge is -2.37. The highest BCUT2D eigenvalue weighted by molar-refractivity contribution is 5.94. The monoisotopic (exact) mass is 380 g/mol. The summed E-state index contributed by atoms with van der Waals surface area (Å²) in [6.07, 6.45) is 3.98. The number of carbonyl (C=O) groups excluding carboxylic acids is 1. The second-order valence-corrected chi connectivity index (χ2v) is 7.56. The molecule has 0 saturated carbocycles. The Morgan fingerprint density at radius 2 is 2.00 bits per heavy atom. The van der Waals surface area contributed by atoms with Crippen molar-refractivity contribution in [3.05, 3.63) is 53.7 Å². The molecule has 0 aliphatic carbocycles. The molecular weight excluding hydrogens is 352 g/mol. The minimum absolute atomic E-state index is 0.0578. The second-order valence-electron chi connectivity index (χ2n) is 7.56. The average Bonchev–Trinajstić information content (AvgIpc) is 3.26. The summed E-state index contributed by atoms with van der Waals surface area (Å²) in [6.45, 7) is 7.17. The Hall–Kier alpha value is -2.60. The second kappa shape index (κ2) is 8.61. The summed E-state index contributed by atoms with van der Waals surface area (Å²) in [5, 5.41) is 2.99. The first-order chi connectivity index (χ1) is 13.7. The fourth-order valence-electron chi connectivity index (χ4n) is 3.86. The standard InChI is InChI=1S/C22H28N4O2/c1-17-4-2-5-19(14-17)25-9-11-26(12-10-25)21-15-18(7-8-23-21)22(27)24-16-20-6-3-13-28-20/h2,4-5,7-8,14-15,20H,3,6,9-13,16H2,1H3,(H,24,27). The van der Waals surface area contributed by atoms with Crippen molar-refractivity contribution in [3.8, 4) is 0 Å². The van der Waals surface area contributed by atoms with Crippen LogP contribution in [0.25, 0.3) is 0 Å². The highest BCUT2D eigenvalue weighted by Crippen LogP contribution is 2.21. The van der Waals surface area contributed by atoms with Crippen molar-refractivity contribution in [1.29, 1.82) is 0 Å². The zero-order valence-electron chi connectivity index (χ0n) is 16.4. The molecule has 6 nitrogen and oxygen atoms in total. The molecule has 2 saturated heterocycles. The van der Waals surface area contributed by atoms with E-state index in [4.69, 9.17) is 4.74 Å². The first-order valence-electron chi connectivity index (χ1n) is 10.1. The number of rotatable bonds is 5. The molecule has 2 aliphatic heterocycles. The van der Waals surface area contributed by atoms with E-state index < -0.39 is 0 Å². The molecule has 4 rings (SSSR count). The van der Waals surface area contributed by atoms with Crippen molar-refractivity contribution < 1.29 is 9.53 Å². The molecule has 1 unspecified atom stereocenters. The predicted octanol–water partition coefficient (Wildman–Crippen LogP) is 2.63. The van der Waals surface area contributed by atoms with Gasteiger partial charge >= 0.3 is 0 Å².